The van der Waals surface area contributed by atoms with Crippen molar-refractivity contribution in [1.29, 1.82) is 0 Å². The number of hydrogen-bond acceptors (Lipinski definition) is 3. The van der Waals surface area contributed by atoms with Gasteiger partial charge in [0.1, 0.15) is 5.82 Å². The van der Waals surface area contributed by atoms with E-state index >= 15 is 0 Å². The van der Waals surface area contributed by atoms with E-state index in [1.165, 1.54) is 0 Å². The van der Waals surface area contributed by atoms with Crippen molar-refractivity contribution in [3.63, 3.8) is 0 Å². The van der Waals surface area contributed by atoms with Crippen LogP contribution in [0.2, 0.25) is 0 Å². The third kappa shape index (κ3) is 2.35. The van der Waals surface area contributed by atoms with Crippen molar-refractivity contribution in [2.75, 3.05) is 11.9 Å². The number of carbonyl (C=O) groups is 1. The number of anilines is 1. The Balaban J connectivity index is 1.84. The van der Waals surface area contributed by atoms with Crippen LogP contribution in [0.5, 0.6) is 0 Å². The number of amides is 1. The Labute approximate surface area is 145 Å². The largest absolute Gasteiger partial charge is 0.315 e. The van der Waals surface area contributed by atoms with Crippen LogP contribution in [0, 0.1) is 0 Å². The van der Waals surface area contributed by atoms with Gasteiger partial charge in [-0.05, 0) is 30.7 Å². The molecule has 0 bridgehead atoms. The standard InChI is InChI=1S/C20H19N3O2/c1-3-23-18(21-16-10-6-4-9-14(16)20(23)25)12-15-13-8-5-7-11-17(13)22(2)19(15)24/h4-11,15H,3,12H2,1-2H3/t15-/m1/s1. The Kier molecular flexibility index (Phi) is 3.64. The summed E-state index contributed by atoms with van der Waals surface area (Å²) in [5.74, 6) is 0.410. The van der Waals surface area contributed by atoms with Crippen LogP contribution in [0.15, 0.2) is 53.3 Å². The zero-order valence-electron chi connectivity index (χ0n) is 14.3. The van der Waals surface area contributed by atoms with Gasteiger partial charge in [0.05, 0.1) is 16.8 Å². The Morgan fingerprint density at radius 2 is 1.76 bits per heavy atom. The second kappa shape index (κ2) is 5.84. The van der Waals surface area contributed by atoms with E-state index in [9.17, 15) is 9.59 Å². The van der Waals surface area contributed by atoms with Gasteiger partial charge in [-0.2, -0.15) is 0 Å². The highest BCUT2D eigenvalue weighted by atomic mass is 16.2. The van der Waals surface area contributed by atoms with E-state index in [2.05, 4.69) is 0 Å². The number of fused-ring (bicyclic) bond motifs is 2. The molecule has 25 heavy (non-hydrogen) atoms. The molecule has 0 spiro atoms. The van der Waals surface area contributed by atoms with Gasteiger partial charge in [0.15, 0.2) is 0 Å². The van der Waals surface area contributed by atoms with Crippen LogP contribution in [0.4, 0.5) is 5.69 Å². The first-order valence-electron chi connectivity index (χ1n) is 8.46. The van der Waals surface area contributed by atoms with Crippen LogP contribution >= 0.6 is 0 Å². The van der Waals surface area contributed by atoms with Gasteiger partial charge < -0.3 is 4.90 Å². The first-order chi connectivity index (χ1) is 12.1. The third-order valence-corrected chi connectivity index (χ3v) is 4.95. The van der Waals surface area contributed by atoms with Gasteiger partial charge in [-0.1, -0.05) is 30.3 Å². The molecule has 0 fully saturated rings. The predicted molar refractivity (Wildman–Crippen MR) is 98.0 cm³/mol. The molecule has 1 aromatic heterocycles. The molecule has 2 heterocycles. The molecule has 1 aliphatic rings. The lowest BCUT2D eigenvalue weighted by Gasteiger charge is -2.15. The zero-order valence-corrected chi connectivity index (χ0v) is 14.3. The summed E-state index contributed by atoms with van der Waals surface area (Å²) >= 11 is 0. The summed E-state index contributed by atoms with van der Waals surface area (Å²) in [7, 11) is 1.79. The van der Waals surface area contributed by atoms with E-state index in [-0.39, 0.29) is 17.4 Å². The molecule has 0 saturated carbocycles. The van der Waals surface area contributed by atoms with Crippen LogP contribution in [-0.2, 0) is 17.8 Å². The predicted octanol–water partition coefficient (Wildman–Crippen LogP) is 2.72. The number of aromatic nitrogens is 2. The number of para-hydroxylation sites is 2. The Morgan fingerprint density at radius 1 is 1.04 bits per heavy atom. The van der Waals surface area contributed by atoms with Crippen molar-refractivity contribution in [3.05, 3.63) is 70.3 Å². The maximum Gasteiger partial charge on any atom is 0.261 e. The van der Waals surface area contributed by atoms with E-state index in [0.717, 1.165) is 11.3 Å². The first kappa shape index (κ1) is 15.6. The molecule has 1 atom stereocenters. The van der Waals surface area contributed by atoms with Crippen LogP contribution in [-0.4, -0.2) is 22.5 Å². The Bertz CT molecular complexity index is 1040. The minimum atomic E-state index is -0.299. The SMILES string of the molecule is CCn1c(C[C@H]2C(=O)N(C)c3ccccc32)nc2ccccc2c1=O. The van der Waals surface area contributed by atoms with Crippen molar-refractivity contribution in [2.24, 2.45) is 0 Å². The summed E-state index contributed by atoms with van der Waals surface area (Å²) in [5, 5.41) is 0.614. The lowest BCUT2D eigenvalue weighted by molar-refractivity contribution is -0.119. The van der Waals surface area contributed by atoms with Gasteiger partial charge in [-0.25, -0.2) is 4.98 Å². The fourth-order valence-electron chi connectivity index (χ4n) is 3.65. The highest BCUT2D eigenvalue weighted by Crippen LogP contribution is 2.37. The zero-order chi connectivity index (χ0) is 17.6. The van der Waals surface area contributed by atoms with E-state index in [1.807, 2.05) is 49.4 Å². The normalized spacial score (nSPS) is 16.5. The molecule has 2 aromatic carbocycles. The van der Waals surface area contributed by atoms with Gasteiger partial charge in [0.2, 0.25) is 5.91 Å². The molecule has 0 aliphatic carbocycles. The molecule has 4 rings (SSSR count). The Hall–Kier alpha value is -2.95. The highest BCUT2D eigenvalue weighted by Gasteiger charge is 2.35. The average molecular weight is 333 g/mol. The summed E-state index contributed by atoms with van der Waals surface area (Å²) in [6.45, 7) is 2.46. The molecule has 0 N–H and O–H groups in total. The quantitative estimate of drug-likeness (QED) is 0.740. The smallest absolute Gasteiger partial charge is 0.261 e. The number of nitrogens with zero attached hydrogens (tertiary/aromatic N) is 3. The molecule has 0 radical (unpaired) electrons. The maximum atomic E-state index is 12.8. The molecular weight excluding hydrogens is 314 g/mol. The summed E-state index contributed by atoms with van der Waals surface area (Å²) in [5.41, 5.74) is 2.57. The van der Waals surface area contributed by atoms with Crippen molar-refractivity contribution >= 4 is 22.5 Å². The van der Waals surface area contributed by atoms with Gasteiger partial charge in [-0.3, -0.25) is 14.2 Å². The summed E-state index contributed by atoms with van der Waals surface area (Å²) in [6.07, 6.45) is 0.425. The second-order valence-corrected chi connectivity index (χ2v) is 6.31. The lowest BCUT2D eigenvalue weighted by Crippen LogP contribution is -2.29. The molecule has 0 saturated heterocycles. The summed E-state index contributed by atoms with van der Waals surface area (Å²) < 4.78 is 1.68. The topological polar surface area (TPSA) is 55.2 Å². The third-order valence-electron chi connectivity index (χ3n) is 4.95. The summed E-state index contributed by atoms with van der Waals surface area (Å²) in [4.78, 5) is 31.9. The number of likely N-dealkylation sites (N-methyl/N-ethyl adjacent to an activating group) is 1. The second-order valence-electron chi connectivity index (χ2n) is 6.31. The van der Waals surface area contributed by atoms with E-state index in [0.29, 0.717) is 29.7 Å². The first-order valence-corrected chi connectivity index (χ1v) is 8.46. The fourth-order valence-corrected chi connectivity index (χ4v) is 3.65. The number of hydrogen-bond donors (Lipinski definition) is 0. The van der Waals surface area contributed by atoms with Gasteiger partial charge in [0.25, 0.3) is 5.56 Å². The molecule has 1 aliphatic heterocycles. The van der Waals surface area contributed by atoms with E-state index < -0.39 is 0 Å². The highest BCUT2D eigenvalue weighted by molar-refractivity contribution is 6.04. The lowest BCUT2D eigenvalue weighted by atomic mass is 9.96. The minimum absolute atomic E-state index is 0.0461. The molecule has 5 heteroatoms. The summed E-state index contributed by atoms with van der Waals surface area (Å²) in [6, 6.07) is 15.2. The molecule has 126 valence electrons. The van der Waals surface area contributed by atoms with Crippen LogP contribution in [0.3, 0.4) is 0 Å². The van der Waals surface area contributed by atoms with Gasteiger partial charge in [0, 0.05) is 25.7 Å². The van der Waals surface area contributed by atoms with Crippen molar-refractivity contribution < 1.29 is 4.79 Å². The maximum absolute atomic E-state index is 12.8. The van der Waals surface area contributed by atoms with Crippen molar-refractivity contribution in [1.82, 2.24) is 9.55 Å². The van der Waals surface area contributed by atoms with Crippen LogP contribution in [0.25, 0.3) is 10.9 Å². The molecule has 5 nitrogen and oxygen atoms in total. The monoisotopic (exact) mass is 333 g/mol. The number of rotatable bonds is 3. The number of carbonyl (C=O) groups excluding carboxylic acids is 1. The van der Waals surface area contributed by atoms with Crippen molar-refractivity contribution in [3.8, 4) is 0 Å². The van der Waals surface area contributed by atoms with Crippen LogP contribution in [0.1, 0.15) is 24.2 Å². The fraction of sp³-hybridized carbons (Fsp3) is 0.250. The van der Waals surface area contributed by atoms with Crippen molar-refractivity contribution in [2.45, 2.75) is 25.8 Å². The molecule has 3 aromatic rings. The van der Waals surface area contributed by atoms with Crippen LogP contribution < -0.4 is 10.5 Å². The Morgan fingerprint density at radius 3 is 2.56 bits per heavy atom. The van der Waals surface area contributed by atoms with E-state index in [4.69, 9.17) is 4.98 Å². The molecular formula is C20H19N3O2. The van der Waals surface area contributed by atoms with E-state index in [1.54, 1.807) is 22.6 Å². The van der Waals surface area contributed by atoms with Gasteiger partial charge >= 0.3 is 0 Å². The number of benzene rings is 2. The molecule has 0 unspecified atom stereocenters. The molecule has 1 amide bonds. The average Bonchev–Trinajstić information content (AvgIpc) is 2.87. The minimum Gasteiger partial charge on any atom is -0.315 e. The van der Waals surface area contributed by atoms with Gasteiger partial charge in [-0.15, -0.1) is 0 Å².